The van der Waals surface area contributed by atoms with Gasteiger partial charge in [-0.3, -0.25) is 4.79 Å². The van der Waals surface area contributed by atoms with E-state index in [1.165, 1.54) is 0 Å². The number of nitrogens with one attached hydrogen (secondary N) is 3. The molecule has 6 heteroatoms. The van der Waals surface area contributed by atoms with E-state index in [1.807, 2.05) is 38.1 Å². The molecule has 0 fully saturated rings. The lowest BCUT2D eigenvalue weighted by atomic mass is 10.1. The van der Waals surface area contributed by atoms with E-state index in [1.54, 1.807) is 0 Å². The Hall–Kier alpha value is -2.24. The van der Waals surface area contributed by atoms with E-state index < -0.39 is 0 Å². The standard InChI is InChI=1S/C18H30N4O2/c1-6-19-16(23)13-24-15-10-8-9-14(11-15)12-21-17(20-7-2)22-18(3,4)5/h8-11H,6-7,12-13H2,1-5H3,(H,19,23)(H2,20,21,22). The zero-order chi connectivity index (χ0) is 18.0. The van der Waals surface area contributed by atoms with Gasteiger partial charge in [-0.15, -0.1) is 0 Å². The van der Waals surface area contributed by atoms with Gasteiger partial charge in [0.2, 0.25) is 0 Å². The number of hydrogen-bond acceptors (Lipinski definition) is 3. The zero-order valence-electron chi connectivity index (χ0n) is 15.4. The third-order valence-electron chi connectivity index (χ3n) is 2.90. The summed E-state index contributed by atoms with van der Waals surface area (Å²) in [6, 6.07) is 7.64. The summed E-state index contributed by atoms with van der Waals surface area (Å²) in [5, 5.41) is 9.29. The van der Waals surface area contributed by atoms with E-state index in [0.717, 1.165) is 18.1 Å². The highest BCUT2D eigenvalue weighted by Gasteiger charge is 2.11. The Kier molecular flexibility index (Phi) is 8.09. The molecule has 0 saturated carbocycles. The summed E-state index contributed by atoms with van der Waals surface area (Å²) >= 11 is 0. The van der Waals surface area contributed by atoms with E-state index >= 15 is 0 Å². The first-order valence-corrected chi connectivity index (χ1v) is 8.39. The van der Waals surface area contributed by atoms with Crippen molar-refractivity contribution in [1.82, 2.24) is 16.0 Å². The van der Waals surface area contributed by atoms with E-state index in [4.69, 9.17) is 4.74 Å². The molecule has 1 amide bonds. The molecule has 1 aromatic rings. The fourth-order valence-corrected chi connectivity index (χ4v) is 1.96. The van der Waals surface area contributed by atoms with E-state index in [9.17, 15) is 4.79 Å². The van der Waals surface area contributed by atoms with Crippen LogP contribution >= 0.6 is 0 Å². The number of ether oxygens (including phenoxy) is 1. The number of aliphatic imine (C=N–C) groups is 1. The van der Waals surface area contributed by atoms with Crippen LogP contribution in [-0.4, -0.2) is 37.1 Å². The van der Waals surface area contributed by atoms with Gasteiger partial charge < -0.3 is 20.7 Å². The lowest BCUT2D eigenvalue weighted by molar-refractivity contribution is -0.122. The fraction of sp³-hybridized carbons (Fsp3) is 0.556. The smallest absolute Gasteiger partial charge is 0.257 e. The topological polar surface area (TPSA) is 74.8 Å². The summed E-state index contributed by atoms with van der Waals surface area (Å²) in [4.78, 5) is 16.0. The van der Waals surface area contributed by atoms with Crippen molar-refractivity contribution in [2.24, 2.45) is 4.99 Å². The molecular weight excluding hydrogens is 304 g/mol. The molecule has 1 aromatic carbocycles. The van der Waals surface area contributed by atoms with E-state index in [0.29, 0.717) is 18.8 Å². The highest BCUT2D eigenvalue weighted by Crippen LogP contribution is 2.14. The maximum atomic E-state index is 11.4. The molecule has 0 aliphatic rings. The summed E-state index contributed by atoms with van der Waals surface area (Å²) in [5.41, 5.74) is 0.966. The zero-order valence-corrected chi connectivity index (χ0v) is 15.4. The van der Waals surface area contributed by atoms with Crippen molar-refractivity contribution in [2.75, 3.05) is 19.7 Å². The SMILES string of the molecule is CCNC(=O)COc1cccc(CN=C(NCC)NC(C)(C)C)c1. The first-order chi connectivity index (χ1) is 11.3. The molecule has 24 heavy (non-hydrogen) atoms. The molecule has 3 N–H and O–H groups in total. The maximum Gasteiger partial charge on any atom is 0.257 e. The molecule has 0 bridgehead atoms. The number of amides is 1. The number of carbonyl (C=O) groups is 1. The van der Waals surface area contributed by atoms with Crippen molar-refractivity contribution in [2.45, 2.75) is 46.7 Å². The van der Waals surface area contributed by atoms with Crippen LogP contribution in [0.5, 0.6) is 5.75 Å². The molecule has 1 rings (SSSR count). The van der Waals surface area contributed by atoms with Crippen molar-refractivity contribution in [1.29, 1.82) is 0 Å². The average Bonchev–Trinajstić information content (AvgIpc) is 2.50. The quantitative estimate of drug-likeness (QED) is 0.527. The monoisotopic (exact) mass is 334 g/mol. The van der Waals surface area contributed by atoms with Crippen molar-refractivity contribution in [3.63, 3.8) is 0 Å². The molecule has 0 aliphatic carbocycles. The fourth-order valence-electron chi connectivity index (χ4n) is 1.96. The number of guanidine groups is 1. The predicted octanol–water partition coefficient (Wildman–Crippen LogP) is 2.06. The van der Waals surface area contributed by atoms with Gasteiger partial charge in [0.25, 0.3) is 5.91 Å². The van der Waals surface area contributed by atoms with Crippen molar-refractivity contribution in [3.05, 3.63) is 29.8 Å². The number of carbonyl (C=O) groups excluding carboxylic acids is 1. The predicted molar refractivity (Wildman–Crippen MR) is 98.3 cm³/mol. The Morgan fingerprint density at radius 3 is 2.50 bits per heavy atom. The average molecular weight is 334 g/mol. The number of likely N-dealkylation sites (N-methyl/N-ethyl adjacent to an activating group) is 1. The first-order valence-electron chi connectivity index (χ1n) is 8.39. The largest absolute Gasteiger partial charge is 0.484 e. The van der Waals surface area contributed by atoms with Gasteiger partial charge >= 0.3 is 0 Å². The van der Waals surface area contributed by atoms with Crippen molar-refractivity contribution >= 4 is 11.9 Å². The van der Waals surface area contributed by atoms with Crippen LogP contribution in [0.25, 0.3) is 0 Å². The third-order valence-corrected chi connectivity index (χ3v) is 2.90. The third kappa shape index (κ3) is 8.41. The summed E-state index contributed by atoms with van der Waals surface area (Å²) in [7, 11) is 0. The minimum absolute atomic E-state index is 0.0226. The molecule has 0 heterocycles. The Labute approximate surface area is 145 Å². The van der Waals surface area contributed by atoms with Crippen LogP contribution in [0.2, 0.25) is 0 Å². The van der Waals surface area contributed by atoms with Crippen LogP contribution in [0.4, 0.5) is 0 Å². The first kappa shape index (κ1) is 19.8. The van der Waals surface area contributed by atoms with Gasteiger partial charge in [0, 0.05) is 18.6 Å². The molecule has 0 radical (unpaired) electrons. The molecule has 0 aliphatic heterocycles. The summed E-state index contributed by atoms with van der Waals surface area (Å²) in [6.45, 7) is 12.2. The number of benzene rings is 1. The molecule has 0 atom stereocenters. The molecule has 0 spiro atoms. The number of rotatable bonds is 7. The van der Waals surface area contributed by atoms with Crippen LogP contribution in [0.1, 0.15) is 40.2 Å². The van der Waals surface area contributed by atoms with Gasteiger partial charge in [-0.25, -0.2) is 4.99 Å². The summed E-state index contributed by atoms with van der Waals surface area (Å²) < 4.78 is 5.50. The Morgan fingerprint density at radius 1 is 1.17 bits per heavy atom. The van der Waals surface area contributed by atoms with Gasteiger partial charge in [0.1, 0.15) is 5.75 Å². The van der Waals surface area contributed by atoms with Gasteiger partial charge in [0.05, 0.1) is 6.54 Å². The van der Waals surface area contributed by atoms with Crippen LogP contribution in [-0.2, 0) is 11.3 Å². The summed E-state index contributed by atoms with van der Waals surface area (Å²) in [6.07, 6.45) is 0. The molecule has 0 saturated heterocycles. The lowest BCUT2D eigenvalue weighted by Crippen LogP contribution is -2.47. The second-order valence-corrected chi connectivity index (χ2v) is 6.46. The van der Waals surface area contributed by atoms with Gasteiger partial charge in [0.15, 0.2) is 12.6 Å². The van der Waals surface area contributed by atoms with Gasteiger partial charge in [-0.05, 0) is 52.3 Å². The number of nitrogens with zero attached hydrogens (tertiary/aromatic N) is 1. The van der Waals surface area contributed by atoms with Crippen LogP contribution in [0.15, 0.2) is 29.3 Å². The van der Waals surface area contributed by atoms with Crippen molar-refractivity contribution < 1.29 is 9.53 Å². The normalized spacial score (nSPS) is 11.8. The Bertz CT molecular complexity index is 550. The second kappa shape index (κ2) is 9.80. The van der Waals surface area contributed by atoms with Crippen LogP contribution in [0, 0.1) is 0 Å². The lowest BCUT2D eigenvalue weighted by Gasteiger charge is -2.23. The Morgan fingerprint density at radius 2 is 1.88 bits per heavy atom. The summed E-state index contributed by atoms with van der Waals surface area (Å²) in [5.74, 6) is 1.33. The molecule has 0 aromatic heterocycles. The van der Waals surface area contributed by atoms with E-state index in [-0.39, 0.29) is 18.1 Å². The van der Waals surface area contributed by atoms with Crippen molar-refractivity contribution in [3.8, 4) is 5.75 Å². The van der Waals surface area contributed by atoms with Gasteiger partial charge in [-0.2, -0.15) is 0 Å². The molecule has 134 valence electrons. The minimum Gasteiger partial charge on any atom is -0.484 e. The minimum atomic E-state index is -0.121. The second-order valence-electron chi connectivity index (χ2n) is 6.46. The molecule has 0 unspecified atom stereocenters. The maximum absolute atomic E-state index is 11.4. The number of hydrogen-bond donors (Lipinski definition) is 3. The van der Waals surface area contributed by atoms with E-state index in [2.05, 4.69) is 41.7 Å². The van der Waals surface area contributed by atoms with Crippen LogP contribution < -0.4 is 20.7 Å². The molecular formula is C18H30N4O2. The Balaban J connectivity index is 2.67. The van der Waals surface area contributed by atoms with Gasteiger partial charge in [-0.1, -0.05) is 12.1 Å². The van der Waals surface area contributed by atoms with Crippen LogP contribution in [0.3, 0.4) is 0 Å². The molecule has 6 nitrogen and oxygen atoms in total. The highest BCUT2D eigenvalue weighted by molar-refractivity contribution is 5.80. The highest BCUT2D eigenvalue weighted by atomic mass is 16.5.